The molecule has 0 aromatic rings. The van der Waals surface area contributed by atoms with Gasteiger partial charge in [0.1, 0.15) is 6.04 Å². The smallest absolute Gasteiger partial charge is 0.244 e. The summed E-state index contributed by atoms with van der Waals surface area (Å²) in [4.78, 5) is 25.4. The van der Waals surface area contributed by atoms with Gasteiger partial charge in [-0.15, -0.1) is 0 Å². The van der Waals surface area contributed by atoms with Crippen molar-refractivity contribution >= 4 is 11.8 Å². The van der Waals surface area contributed by atoms with E-state index in [0.717, 1.165) is 6.54 Å². The normalized spacial score (nSPS) is 25.3. The minimum absolute atomic E-state index is 0.0667. The van der Waals surface area contributed by atoms with Crippen molar-refractivity contribution in [1.82, 2.24) is 20.9 Å². The summed E-state index contributed by atoms with van der Waals surface area (Å²) in [5, 5.41) is 9.13. The van der Waals surface area contributed by atoms with Crippen LogP contribution in [0.1, 0.15) is 20.8 Å². The number of amides is 2. The maximum atomic E-state index is 11.9. The molecule has 0 radical (unpaired) electrons. The van der Waals surface area contributed by atoms with Crippen LogP contribution < -0.4 is 16.0 Å². The Morgan fingerprint density at radius 2 is 2.06 bits per heavy atom. The Labute approximate surface area is 108 Å². The Balaban J connectivity index is 2.42. The highest BCUT2D eigenvalue weighted by Crippen LogP contribution is 1.96. The summed E-state index contributed by atoms with van der Waals surface area (Å²) in [7, 11) is 1.73. The van der Waals surface area contributed by atoms with E-state index in [9.17, 15) is 9.59 Å². The van der Waals surface area contributed by atoms with Crippen molar-refractivity contribution in [1.29, 1.82) is 0 Å². The predicted octanol–water partition coefficient (Wildman–Crippen LogP) is -1.08. The highest BCUT2D eigenvalue weighted by Gasteiger charge is 2.26. The molecule has 1 heterocycles. The molecule has 0 aromatic carbocycles. The number of hydrogen-bond acceptors (Lipinski definition) is 4. The summed E-state index contributed by atoms with van der Waals surface area (Å²) in [5.41, 5.74) is 0. The second-order valence-corrected chi connectivity index (χ2v) is 4.85. The predicted molar refractivity (Wildman–Crippen MR) is 70.2 cm³/mol. The number of carbonyl (C=O) groups is 2. The Morgan fingerprint density at radius 1 is 1.39 bits per heavy atom. The number of nitrogens with one attached hydrogen (secondary N) is 3. The monoisotopic (exact) mass is 256 g/mol. The quantitative estimate of drug-likeness (QED) is 0.598. The first-order chi connectivity index (χ1) is 8.45. The van der Waals surface area contributed by atoms with Crippen molar-refractivity contribution in [2.75, 3.05) is 26.7 Å². The van der Waals surface area contributed by atoms with E-state index in [1.807, 2.05) is 6.92 Å². The lowest BCUT2D eigenvalue weighted by Crippen LogP contribution is -2.60. The summed E-state index contributed by atoms with van der Waals surface area (Å²) < 4.78 is 0. The number of nitrogens with zero attached hydrogens (tertiary/aromatic N) is 1. The summed E-state index contributed by atoms with van der Waals surface area (Å²) in [6, 6.07) is -0.369. The van der Waals surface area contributed by atoms with Gasteiger partial charge in [0.25, 0.3) is 0 Å². The molecule has 1 rings (SSSR count). The minimum atomic E-state index is -0.483. The molecule has 1 aliphatic heterocycles. The van der Waals surface area contributed by atoms with Gasteiger partial charge in [0.15, 0.2) is 0 Å². The van der Waals surface area contributed by atoms with Crippen LogP contribution in [0.2, 0.25) is 0 Å². The molecule has 1 fully saturated rings. The van der Waals surface area contributed by atoms with Gasteiger partial charge in [-0.2, -0.15) is 0 Å². The molecule has 0 saturated carbocycles. The highest BCUT2D eigenvalue weighted by atomic mass is 16.2. The third-order valence-electron chi connectivity index (χ3n) is 3.24. The lowest BCUT2D eigenvalue weighted by Gasteiger charge is -2.29. The van der Waals surface area contributed by atoms with Gasteiger partial charge in [-0.3, -0.25) is 9.59 Å². The number of hydrogen-bond donors (Lipinski definition) is 3. The van der Waals surface area contributed by atoms with Gasteiger partial charge in [-0.05, 0) is 20.8 Å². The fraction of sp³-hybridized carbons (Fsp3) is 0.833. The maximum absolute atomic E-state index is 11.9. The molecule has 1 saturated heterocycles. The van der Waals surface area contributed by atoms with Crippen LogP contribution in [0.3, 0.4) is 0 Å². The van der Waals surface area contributed by atoms with Gasteiger partial charge in [-0.1, -0.05) is 0 Å². The molecule has 0 bridgehead atoms. The van der Waals surface area contributed by atoms with Gasteiger partial charge in [-0.25, -0.2) is 0 Å². The van der Waals surface area contributed by atoms with Gasteiger partial charge in [0, 0.05) is 32.7 Å². The molecular formula is C12H24N4O2. The van der Waals surface area contributed by atoms with E-state index in [0.29, 0.717) is 19.1 Å². The first-order valence-corrected chi connectivity index (χ1v) is 6.47. The van der Waals surface area contributed by atoms with Crippen LogP contribution in [0, 0.1) is 0 Å². The Kier molecular flexibility index (Phi) is 5.55. The Morgan fingerprint density at radius 3 is 2.56 bits per heavy atom. The summed E-state index contributed by atoms with van der Waals surface area (Å²) in [6.45, 7) is 7.67. The van der Waals surface area contributed by atoms with Crippen molar-refractivity contribution < 1.29 is 9.59 Å². The summed E-state index contributed by atoms with van der Waals surface area (Å²) in [6.07, 6.45) is 0. The Bertz CT molecular complexity index is 300. The van der Waals surface area contributed by atoms with Crippen LogP contribution in [0.15, 0.2) is 0 Å². The molecule has 0 aliphatic carbocycles. The van der Waals surface area contributed by atoms with Crippen molar-refractivity contribution in [3.05, 3.63) is 0 Å². The number of piperazine rings is 1. The van der Waals surface area contributed by atoms with Crippen LogP contribution >= 0.6 is 0 Å². The molecule has 1 aliphatic rings. The van der Waals surface area contributed by atoms with Crippen molar-refractivity contribution in [2.24, 2.45) is 0 Å². The second kappa shape index (κ2) is 6.70. The highest BCUT2D eigenvalue weighted by molar-refractivity contribution is 5.89. The minimum Gasteiger partial charge on any atom is -0.344 e. The zero-order valence-electron chi connectivity index (χ0n) is 11.6. The van der Waals surface area contributed by atoms with E-state index in [1.54, 1.807) is 18.9 Å². The Hall–Kier alpha value is -1.14. The van der Waals surface area contributed by atoms with Gasteiger partial charge in [0.2, 0.25) is 11.8 Å². The molecule has 3 atom stereocenters. The average Bonchev–Trinajstić information content (AvgIpc) is 2.37. The first kappa shape index (κ1) is 14.9. The molecule has 6 nitrogen and oxygen atoms in total. The zero-order chi connectivity index (χ0) is 13.7. The van der Waals surface area contributed by atoms with Gasteiger partial charge in [0.05, 0.1) is 6.04 Å². The van der Waals surface area contributed by atoms with Gasteiger partial charge < -0.3 is 20.9 Å². The van der Waals surface area contributed by atoms with E-state index in [2.05, 4.69) is 22.9 Å². The van der Waals surface area contributed by atoms with Crippen LogP contribution in [0.5, 0.6) is 0 Å². The van der Waals surface area contributed by atoms with Crippen LogP contribution in [0.4, 0.5) is 0 Å². The van der Waals surface area contributed by atoms with Crippen LogP contribution in [-0.4, -0.2) is 61.5 Å². The third kappa shape index (κ3) is 3.96. The van der Waals surface area contributed by atoms with E-state index < -0.39 is 6.04 Å². The lowest BCUT2D eigenvalue weighted by atomic mass is 10.1. The van der Waals surface area contributed by atoms with Crippen molar-refractivity contribution in [3.8, 4) is 0 Å². The van der Waals surface area contributed by atoms with Crippen molar-refractivity contribution in [2.45, 2.75) is 38.9 Å². The molecule has 0 spiro atoms. The average molecular weight is 256 g/mol. The topological polar surface area (TPSA) is 73.5 Å². The van der Waals surface area contributed by atoms with E-state index >= 15 is 0 Å². The summed E-state index contributed by atoms with van der Waals surface area (Å²) in [5.74, 6) is -0.192. The molecule has 3 N–H and O–H groups in total. The number of likely N-dealkylation sites (N-methyl/N-ethyl adjacent to an activating group) is 1. The number of rotatable bonds is 4. The molecule has 6 heteroatoms. The molecule has 18 heavy (non-hydrogen) atoms. The maximum Gasteiger partial charge on any atom is 0.244 e. The van der Waals surface area contributed by atoms with E-state index in [4.69, 9.17) is 0 Å². The molecule has 104 valence electrons. The SMILES string of the molecule is CCN(C)C(=O)C(C)NC(=O)C1CNC(C)CN1. The van der Waals surface area contributed by atoms with E-state index in [-0.39, 0.29) is 17.9 Å². The third-order valence-corrected chi connectivity index (χ3v) is 3.24. The molecular weight excluding hydrogens is 232 g/mol. The van der Waals surface area contributed by atoms with Crippen molar-refractivity contribution in [3.63, 3.8) is 0 Å². The largest absolute Gasteiger partial charge is 0.344 e. The molecule has 0 aromatic heterocycles. The van der Waals surface area contributed by atoms with E-state index in [1.165, 1.54) is 0 Å². The van der Waals surface area contributed by atoms with Gasteiger partial charge >= 0.3 is 0 Å². The fourth-order valence-corrected chi connectivity index (χ4v) is 1.83. The zero-order valence-corrected chi connectivity index (χ0v) is 11.6. The second-order valence-electron chi connectivity index (χ2n) is 4.85. The van der Waals surface area contributed by atoms with Crippen LogP contribution in [0.25, 0.3) is 0 Å². The number of carbonyl (C=O) groups excluding carboxylic acids is 2. The fourth-order valence-electron chi connectivity index (χ4n) is 1.83. The summed E-state index contributed by atoms with van der Waals surface area (Å²) >= 11 is 0. The first-order valence-electron chi connectivity index (χ1n) is 6.47. The molecule has 3 unspecified atom stereocenters. The molecule has 2 amide bonds. The lowest BCUT2D eigenvalue weighted by molar-refractivity contribution is -0.135. The standard InChI is InChI=1S/C12H24N4O2/c1-5-16(4)12(18)9(3)15-11(17)10-7-13-8(2)6-14-10/h8-10,13-14H,5-7H2,1-4H3,(H,15,17). The van der Waals surface area contributed by atoms with Crippen LogP contribution in [-0.2, 0) is 9.59 Å².